The second kappa shape index (κ2) is 8.00. The lowest BCUT2D eigenvalue weighted by atomic mass is 10.3. The number of carbonyl (C=O) groups is 1. The average molecular weight is 264 g/mol. The van der Waals surface area contributed by atoms with E-state index in [1.54, 1.807) is 12.0 Å². The fourth-order valence-electron chi connectivity index (χ4n) is 1.49. The molecule has 0 saturated heterocycles. The Labute approximate surface area is 111 Å². The predicted octanol–water partition coefficient (Wildman–Crippen LogP) is 0.364. The van der Waals surface area contributed by atoms with Crippen LogP contribution in [-0.2, 0) is 14.3 Å². The number of nitrogens with zero attached hydrogens (tertiary/aromatic N) is 4. The molecule has 19 heavy (non-hydrogen) atoms. The van der Waals surface area contributed by atoms with Crippen molar-refractivity contribution in [2.75, 3.05) is 38.8 Å². The number of hydrogen-bond donors (Lipinski definition) is 0. The summed E-state index contributed by atoms with van der Waals surface area (Å²) in [5.41, 5.74) is 0.225. The van der Waals surface area contributed by atoms with Crippen LogP contribution in [0.2, 0.25) is 0 Å². The van der Waals surface area contributed by atoms with E-state index in [2.05, 4.69) is 14.7 Å². The highest BCUT2D eigenvalue weighted by Gasteiger charge is 2.15. The van der Waals surface area contributed by atoms with E-state index >= 15 is 0 Å². The van der Waals surface area contributed by atoms with Crippen molar-refractivity contribution < 1.29 is 14.3 Å². The van der Waals surface area contributed by atoms with Crippen LogP contribution >= 0.6 is 0 Å². The quantitative estimate of drug-likeness (QED) is 0.657. The summed E-state index contributed by atoms with van der Waals surface area (Å²) in [6.45, 7) is 1.37. The average Bonchev–Trinajstić information content (AvgIpc) is 2.47. The Bertz CT molecular complexity index is 459. The van der Waals surface area contributed by atoms with Crippen LogP contribution < -0.4 is 4.90 Å². The van der Waals surface area contributed by atoms with Gasteiger partial charge in [0.05, 0.1) is 20.1 Å². The van der Waals surface area contributed by atoms with Crippen molar-refractivity contribution in [3.05, 3.63) is 18.1 Å². The highest BCUT2D eigenvalue weighted by atomic mass is 16.5. The van der Waals surface area contributed by atoms with Gasteiger partial charge in [0.25, 0.3) is 0 Å². The number of nitriles is 1. The Morgan fingerprint density at radius 2 is 2.11 bits per heavy atom. The molecule has 1 heterocycles. The van der Waals surface area contributed by atoms with Crippen molar-refractivity contribution >= 4 is 11.8 Å². The number of rotatable bonds is 7. The van der Waals surface area contributed by atoms with Gasteiger partial charge in [-0.3, -0.25) is 4.79 Å². The first kappa shape index (κ1) is 14.9. The third-order valence-electron chi connectivity index (χ3n) is 2.46. The first-order chi connectivity index (χ1) is 9.22. The van der Waals surface area contributed by atoms with Crippen LogP contribution in [0, 0.1) is 11.3 Å². The third kappa shape index (κ3) is 4.52. The second-order valence-electron chi connectivity index (χ2n) is 3.65. The van der Waals surface area contributed by atoms with Crippen LogP contribution in [0.25, 0.3) is 0 Å². The largest absolute Gasteiger partial charge is 0.469 e. The summed E-state index contributed by atoms with van der Waals surface area (Å²) in [4.78, 5) is 21.1. The molecule has 0 aromatic carbocycles. The number of hydrogen-bond acceptors (Lipinski definition) is 7. The van der Waals surface area contributed by atoms with Crippen molar-refractivity contribution in [2.24, 2.45) is 0 Å². The minimum atomic E-state index is -0.315. The van der Waals surface area contributed by atoms with Gasteiger partial charge >= 0.3 is 5.97 Å². The standard InChI is InChI=1S/C12H16N4O3/c1-18-8-7-16(6-3-11(17)19-2)12-10(9-13)14-4-5-15-12/h4-5H,3,6-8H2,1-2H3. The Kier molecular flexibility index (Phi) is 6.26. The Hall–Kier alpha value is -2.20. The fourth-order valence-corrected chi connectivity index (χ4v) is 1.49. The lowest BCUT2D eigenvalue weighted by molar-refractivity contribution is -0.140. The molecule has 1 aromatic rings. The van der Waals surface area contributed by atoms with Crippen LogP contribution in [0.4, 0.5) is 5.82 Å². The summed E-state index contributed by atoms with van der Waals surface area (Å²) in [6.07, 6.45) is 3.17. The SMILES string of the molecule is COCCN(CCC(=O)OC)c1nccnc1C#N. The molecule has 1 rings (SSSR count). The maximum absolute atomic E-state index is 11.2. The number of esters is 1. The van der Waals surface area contributed by atoms with Crippen LogP contribution in [0.3, 0.4) is 0 Å². The summed E-state index contributed by atoms with van der Waals surface area (Å²) in [6, 6.07) is 1.98. The molecule has 0 spiro atoms. The molecule has 0 amide bonds. The maximum Gasteiger partial charge on any atom is 0.307 e. The molecule has 0 aliphatic rings. The van der Waals surface area contributed by atoms with Gasteiger partial charge in [-0.15, -0.1) is 0 Å². The van der Waals surface area contributed by atoms with Gasteiger partial charge in [0.1, 0.15) is 6.07 Å². The van der Waals surface area contributed by atoms with Crippen LogP contribution in [0.15, 0.2) is 12.4 Å². The molecule has 0 N–H and O–H groups in total. The van der Waals surface area contributed by atoms with Gasteiger partial charge in [0, 0.05) is 32.6 Å². The molecule has 1 aromatic heterocycles. The fraction of sp³-hybridized carbons (Fsp3) is 0.500. The summed E-state index contributed by atoms with van der Waals surface area (Å²) in [7, 11) is 2.92. The van der Waals surface area contributed by atoms with Gasteiger partial charge in [-0.2, -0.15) is 5.26 Å². The first-order valence-corrected chi connectivity index (χ1v) is 5.74. The van der Waals surface area contributed by atoms with Crippen LogP contribution in [-0.4, -0.2) is 49.9 Å². The first-order valence-electron chi connectivity index (χ1n) is 5.74. The van der Waals surface area contributed by atoms with E-state index in [1.165, 1.54) is 19.5 Å². The predicted molar refractivity (Wildman–Crippen MR) is 67.5 cm³/mol. The second-order valence-corrected chi connectivity index (χ2v) is 3.65. The zero-order chi connectivity index (χ0) is 14.1. The van der Waals surface area contributed by atoms with Gasteiger partial charge < -0.3 is 14.4 Å². The van der Waals surface area contributed by atoms with E-state index in [9.17, 15) is 4.79 Å². The van der Waals surface area contributed by atoms with Gasteiger partial charge in [0.15, 0.2) is 11.5 Å². The van der Waals surface area contributed by atoms with Gasteiger partial charge in [-0.1, -0.05) is 0 Å². The smallest absolute Gasteiger partial charge is 0.307 e. The van der Waals surface area contributed by atoms with E-state index in [-0.39, 0.29) is 18.1 Å². The van der Waals surface area contributed by atoms with Crippen molar-refractivity contribution in [2.45, 2.75) is 6.42 Å². The number of methoxy groups -OCH3 is 2. The number of aromatic nitrogens is 2. The van der Waals surface area contributed by atoms with Gasteiger partial charge in [-0.05, 0) is 0 Å². The Morgan fingerprint density at radius 3 is 2.74 bits per heavy atom. The molecule has 0 bridgehead atoms. The zero-order valence-electron chi connectivity index (χ0n) is 11.0. The van der Waals surface area contributed by atoms with Gasteiger partial charge in [-0.25, -0.2) is 9.97 Å². The molecule has 0 radical (unpaired) electrons. The minimum absolute atomic E-state index is 0.210. The van der Waals surface area contributed by atoms with Crippen LogP contribution in [0.1, 0.15) is 12.1 Å². The zero-order valence-corrected chi connectivity index (χ0v) is 11.0. The van der Waals surface area contributed by atoms with E-state index in [1.807, 2.05) is 6.07 Å². The molecule has 7 heteroatoms. The highest BCUT2D eigenvalue weighted by molar-refractivity contribution is 5.70. The summed E-state index contributed by atoms with van der Waals surface area (Å²) < 4.78 is 9.61. The molecular formula is C12H16N4O3. The number of anilines is 1. The summed E-state index contributed by atoms with van der Waals surface area (Å²) in [5, 5.41) is 9.01. The topological polar surface area (TPSA) is 88.3 Å². The van der Waals surface area contributed by atoms with Gasteiger partial charge in [0.2, 0.25) is 0 Å². The monoisotopic (exact) mass is 264 g/mol. The molecule has 102 valence electrons. The molecule has 0 aliphatic heterocycles. The molecule has 0 fully saturated rings. The Morgan fingerprint density at radius 1 is 1.37 bits per heavy atom. The van der Waals surface area contributed by atoms with Crippen LogP contribution in [0.5, 0.6) is 0 Å². The van der Waals surface area contributed by atoms with E-state index in [4.69, 9.17) is 10.00 Å². The lowest BCUT2D eigenvalue weighted by Gasteiger charge is -2.23. The van der Waals surface area contributed by atoms with E-state index in [0.717, 1.165) is 0 Å². The highest BCUT2D eigenvalue weighted by Crippen LogP contribution is 2.14. The van der Waals surface area contributed by atoms with Crippen molar-refractivity contribution in [1.29, 1.82) is 5.26 Å². The number of carbonyl (C=O) groups excluding carboxylic acids is 1. The molecular weight excluding hydrogens is 248 g/mol. The minimum Gasteiger partial charge on any atom is -0.469 e. The number of ether oxygens (including phenoxy) is 2. The molecule has 0 aliphatic carbocycles. The summed E-state index contributed by atoms with van der Waals surface area (Å²) in [5.74, 6) is 0.135. The third-order valence-corrected chi connectivity index (χ3v) is 2.46. The summed E-state index contributed by atoms with van der Waals surface area (Å²) >= 11 is 0. The van der Waals surface area contributed by atoms with E-state index in [0.29, 0.717) is 25.5 Å². The van der Waals surface area contributed by atoms with Crippen molar-refractivity contribution in [3.63, 3.8) is 0 Å². The van der Waals surface area contributed by atoms with Crippen molar-refractivity contribution in [3.8, 4) is 6.07 Å². The maximum atomic E-state index is 11.2. The van der Waals surface area contributed by atoms with Crippen molar-refractivity contribution in [1.82, 2.24) is 9.97 Å². The molecule has 0 atom stereocenters. The van der Waals surface area contributed by atoms with E-state index < -0.39 is 0 Å². The Balaban J connectivity index is 2.83. The normalized spacial score (nSPS) is 9.74. The molecule has 7 nitrogen and oxygen atoms in total. The molecule has 0 unspecified atom stereocenters. The lowest BCUT2D eigenvalue weighted by Crippen LogP contribution is -2.31. The molecule has 0 saturated carbocycles.